The summed E-state index contributed by atoms with van der Waals surface area (Å²) >= 11 is 0. The Hall–Kier alpha value is -3.34. The van der Waals surface area contributed by atoms with Gasteiger partial charge in [-0.2, -0.15) is 0 Å². The number of hydrogen-bond acceptors (Lipinski definition) is 4. The van der Waals surface area contributed by atoms with Gasteiger partial charge in [0.1, 0.15) is 5.75 Å². The van der Waals surface area contributed by atoms with Crippen molar-refractivity contribution in [1.82, 2.24) is 4.98 Å². The van der Waals surface area contributed by atoms with E-state index in [2.05, 4.69) is 10.3 Å². The first-order chi connectivity index (χ1) is 13.1. The van der Waals surface area contributed by atoms with E-state index in [4.69, 9.17) is 4.74 Å². The van der Waals surface area contributed by atoms with Crippen molar-refractivity contribution in [2.24, 2.45) is 0 Å². The van der Waals surface area contributed by atoms with Crippen LogP contribution in [-0.4, -0.2) is 22.6 Å². The molecule has 0 aliphatic rings. The Morgan fingerprint density at radius 3 is 2.59 bits per heavy atom. The molecule has 1 amide bonds. The Labute approximate surface area is 158 Å². The molecule has 0 radical (unpaired) electrons. The molecule has 2 N–H and O–H groups in total. The van der Waals surface area contributed by atoms with Gasteiger partial charge in [-0.3, -0.25) is 4.79 Å². The molecule has 3 aromatic rings. The second kappa shape index (κ2) is 8.36. The fraction of sp³-hybridized carbons (Fsp3) is 0.182. The van der Waals surface area contributed by atoms with Crippen LogP contribution in [0.25, 0.3) is 11.1 Å². The van der Waals surface area contributed by atoms with E-state index in [9.17, 15) is 9.90 Å². The number of ether oxygens (including phenoxy) is 1. The number of anilines is 1. The SMILES string of the molecule is CCOc1cc(-c2cccc(NC(C)=O)c2)c(O)c(Cc2ccccc2)n1. The number of carbonyl (C=O) groups excluding carboxylic acids is 1. The third kappa shape index (κ3) is 4.64. The maximum absolute atomic E-state index is 11.3. The van der Waals surface area contributed by atoms with Crippen LogP contribution in [0.5, 0.6) is 11.6 Å². The molecule has 0 atom stereocenters. The van der Waals surface area contributed by atoms with Gasteiger partial charge in [0.15, 0.2) is 0 Å². The lowest BCUT2D eigenvalue weighted by Crippen LogP contribution is -2.05. The number of benzene rings is 2. The Balaban J connectivity index is 2.05. The zero-order valence-electron chi connectivity index (χ0n) is 15.4. The summed E-state index contributed by atoms with van der Waals surface area (Å²) in [4.78, 5) is 15.8. The average Bonchev–Trinajstić information content (AvgIpc) is 2.65. The van der Waals surface area contributed by atoms with E-state index in [0.29, 0.717) is 35.9 Å². The van der Waals surface area contributed by atoms with Crippen LogP contribution in [-0.2, 0) is 11.2 Å². The minimum Gasteiger partial charge on any atom is -0.505 e. The van der Waals surface area contributed by atoms with E-state index < -0.39 is 0 Å². The molecule has 0 saturated heterocycles. The molecule has 1 heterocycles. The first kappa shape index (κ1) is 18.5. The van der Waals surface area contributed by atoms with Gasteiger partial charge in [-0.05, 0) is 30.2 Å². The third-order valence-electron chi connectivity index (χ3n) is 4.04. The van der Waals surface area contributed by atoms with Gasteiger partial charge in [0.25, 0.3) is 0 Å². The molecule has 1 aromatic heterocycles. The Kier molecular flexibility index (Phi) is 5.71. The highest BCUT2D eigenvalue weighted by atomic mass is 16.5. The van der Waals surface area contributed by atoms with Gasteiger partial charge in [0.05, 0.1) is 12.3 Å². The summed E-state index contributed by atoms with van der Waals surface area (Å²) in [6.45, 7) is 3.83. The van der Waals surface area contributed by atoms with Crippen LogP contribution < -0.4 is 10.1 Å². The number of amides is 1. The Bertz CT molecular complexity index is 940. The van der Waals surface area contributed by atoms with Gasteiger partial charge in [0.2, 0.25) is 11.8 Å². The van der Waals surface area contributed by atoms with Crippen molar-refractivity contribution < 1.29 is 14.6 Å². The molecule has 2 aromatic carbocycles. The fourth-order valence-electron chi connectivity index (χ4n) is 2.89. The monoisotopic (exact) mass is 362 g/mol. The topological polar surface area (TPSA) is 71.5 Å². The van der Waals surface area contributed by atoms with Crippen molar-refractivity contribution in [3.63, 3.8) is 0 Å². The second-order valence-corrected chi connectivity index (χ2v) is 6.16. The third-order valence-corrected chi connectivity index (χ3v) is 4.04. The summed E-state index contributed by atoms with van der Waals surface area (Å²) < 4.78 is 5.60. The van der Waals surface area contributed by atoms with E-state index in [1.807, 2.05) is 55.5 Å². The molecule has 27 heavy (non-hydrogen) atoms. The van der Waals surface area contributed by atoms with Crippen molar-refractivity contribution in [2.45, 2.75) is 20.3 Å². The maximum atomic E-state index is 11.3. The molecule has 5 nitrogen and oxygen atoms in total. The van der Waals surface area contributed by atoms with E-state index in [-0.39, 0.29) is 11.7 Å². The second-order valence-electron chi connectivity index (χ2n) is 6.16. The molecule has 0 spiro atoms. The molecular weight excluding hydrogens is 340 g/mol. The van der Waals surface area contributed by atoms with Crippen molar-refractivity contribution >= 4 is 11.6 Å². The van der Waals surface area contributed by atoms with Gasteiger partial charge in [0, 0.05) is 30.7 Å². The predicted molar refractivity (Wildman–Crippen MR) is 106 cm³/mol. The van der Waals surface area contributed by atoms with Crippen molar-refractivity contribution in [3.8, 4) is 22.8 Å². The molecule has 138 valence electrons. The highest BCUT2D eigenvalue weighted by Crippen LogP contribution is 2.36. The average molecular weight is 362 g/mol. The van der Waals surface area contributed by atoms with Gasteiger partial charge in [-0.1, -0.05) is 42.5 Å². The molecule has 0 saturated carbocycles. The molecule has 0 fully saturated rings. The summed E-state index contributed by atoms with van der Waals surface area (Å²) in [5.41, 5.74) is 3.65. The van der Waals surface area contributed by atoms with E-state index >= 15 is 0 Å². The van der Waals surface area contributed by atoms with E-state index in [1.54, 1.807) is 12.1 Å². The highest BCUT2D eigenvalue weighted by molar-refractivity contribution is 5.89. The molecule has 0 unspecified atom stereocenters. The number of aromatic hydroxyl groups is 1. The summed E-state index contributed by atoms with van der Waals surface area (Å²) in [6, 6.07) is 18.9. The zero-order valence-corrected chi connectivity index (χ0v) is 15.4. The first-order valence-corrected chi connectivity index (χ1v) is 8.84. The minimum absolute atomic E-state index is 0.113. The van der Waals surface area contributed by atoms with Crippen LogP contribution in [0.1, 0.15) is 25.1 Å². The lowest BCUT2D eigenvalue weighted by Gasteiger charge is -2.14. The van der Waals surface area contributed by atoms with Gasteiger partial charge in [-0.15, -0.1) is 0 Å². The van der Waals surface area contributed by atoms with Crippen molar-refractivity contribution in [2.75, 3.05) is 11.9 Å². The van der Waals surface area contributed by atoms with Gasteiger partial charge >= 0.3 is 0 Å². The Morgan fingerprint density at radius 1 is 1.11 bits per heavy atom. The van der Waals surface area contributed by atoms with Gasteiger partial charge in [-0.25, -0.2) is 4.98 Å². The largest absolute Gasteiger partial charge is 0.505 e. The summed E-state index contributed by atoms with van der Waals surface area (Å²) in [5.74, 6) is 0.425. The molecule has 3 rings (SSSR count). The van der Waals surface area contributed by atoms with Crippen LogP contribution in [0.3, 0.4) is 0 Å². The zero-order chi connectivity index (χ0) is 19.2. The van der Waals surface area contributed by atoms with Crippen LogP contribution in [0.2, 0.25) is 0 Å². The number of nitrogens with one attached hydrogen (secondary N) is 1. The van der Waals surface area contributed by atoms with Crippen molar-refractivity contribution in [1.29, 1.82) is 0 Å². The molecule has 0 bridgehead atoms. The summed E-state index contributed by atoms with van der Waals surface area (Å²) in [6.07, 6.45) is 0.492. The molecule has 0 aliphatic heterocycles. The smallest absolute Gasteiger partial charge is 0.221 e. The maximum Gasteiger partial charge on any atom is 0.221 e. The number of hydrogen-bond donors (Lipinski definition) is 2. The molecule has 5 heteroatoms. The molecular formula is C22H22N2O3. The summed E-state index contributed by atoms with van der Waals surface area (Å²) in [5, 5.41) is 13.6. The highest BCUT2D eigenvalue weighted by Gasteiger charge is 2.15. The normalized spacial score (nSPS) is 10.4. The standard InChI is InChI=1S/C22H22N2O3/c1-3-27-21-14-19(17-10-7-11-18(13-17)23-15(2)25)22(26)20(24-21)12-16-8-5-4-6-9-16/h4-11,13-14,26H,3,12H2,1-2H3,(H,23,25). The van der Waals surface area contributed by atoms with E-state index in [0.717, 1.165) is 11.1 Å². The number of carbonyl (C=O) groups is 1. The van der Waals surface area contributed by atoms with Crippen LogP contribution >= 0.6 is 0 Å². The number of rotatable bonds is 6. The Morgan fingerprint density at radius 2 is 1.89 bits per heavy atom. The van der Waals surface area contributed by atoms with Crippen LogP contribution in [0.15, 0.2) is 60.7 Å². The first-order valence-electron chi connectivity index (χ1n) is 8.84. The summed E-state index contributed by atoms with van der Waals surface area (Å²) in [7, 11) is 0. The van der Waals surface area contributed by atoms with E-state index in [1.165, 1.54) is 6.92 Å². The fourth-order valence-corrected chi connectivity index (χ4v) is 2.89. The minimum atomic E-state index is -0.147. The number of pyridine rings is 1. The predicted octanol–water partition coefficient (Wildman–Crippen LogP) is 4.40. The van der Waals surface area contributed by atoms with Crippen molar-refractivity contribution in [3.05, 3.63) is 71.9 Å². The van der Waals surface area contributed by atoms with Gasteiger partial charge < -0.3 is 15.2 Å². The number of nitrogens with zero attached hydrogens (tertiary/aromatic N) is 1. The molecule has 0 aliphatic carbocycles. The van der Waals surface area contributed by atoms with Crippen LogP contribution in [0, 0.1) is 0 Å². The lowest BCUT2D eigenvalue weighted by molar-refractivity contribution is -0.114. The van der Waals surface area contributed by atoms with Crippen LogP contribution in [0.4, 0.5) is 5.69 Å². The quantitative estimate of drug-likeness (QED) is 0.682. The lowest BCUT2D eigenvalue weighted by atomic mass is 10.0. The number of aromatic nitrogens is 1.